The Balaban J connectivity index is 1.95. The van der Waals surface area contributed by atoms with E-state index in [0.717, 1.165) is 17.4 Å². The van der Waals surface area contributed by atoms with Gasteiger partial charge in [0, 0.05) is 31.6 Å². The Labute approximate surface area is 154 Å². The van der Waals surface area contributed by atoms with Crippen molar-refractivity contribution in [3.05, 3.63) is 65.7 Å². The molecule has 2 rings (SSSR count). The Morgan fingerprint density at radius 1 is 1.08 bits per heavy atom. The minimum absolute atomic E-state index is 0.0923. The second-order valence-corrected chi connectivity index (χ2v) is 7.90. The maximum atomic E-state index is 12.1. The quantitative estimate of drug-likeness (QED) is 0.728. The van der Waals surface area contributed by atoms with Crippen molar-refractivity contribution in [2.45, 2.75) is 19.5 Å². The lowest BCUT2D eigenvalue weighted by atomic mass is 10.2. The molecule has 0 bridgehead atoms. The van der Waals surface area contributed by atoms with Crippen LogP contribution >= 0.6 is 0 Å². The highest BCUT2D eigenvalue weighted by Gasteiger charge is 2.19. The fraction of sp³-hybridized carbons (Fsp3) is 0.316. The smallest absolute Gasteiger partial charge is 0.221 e. The fourth-order valence-corrected chi connectivity index (χ4v) is 3.29. The van der Waals surface area contributed by atoms with Gasteiger partial charge in [-0.3, -0.25) is 4.79 Å². The number of benzene rings is 2. The first kappa shape index (κ1) is 19.9. The number of ether oxygens (including phenoxy) is 1. The zero-order valence-corrected chi connectivity index (χ0v) is 15.8. The number of sulfonamides is 1. The van der Waals surface area contributed by atoms with E-state index in [1.54, 1.807) is 13.2 Å². The van der Waals surface area contributed by atoms with Crippen molar-refractivity contribution in [3.63, 3.8) is 0 Å². The van der Waals surface area contributed by atoms with Crippen molar-refractivity contribution in [1.82, 2.24) is 9.62 Å². The Hall–Kier alpha value is -2.38. The van der Waals surface area contributed by atoms with Crippen LogP contribution in [0.25, 0.3) is 0 Å². The van der Waals surface area contributed by atoms with E-state index in [-0.39, 0.29) is 25.4 Å². The van der Waals surface area contributed by atoms with Gasteiger partial charge in [-0.15, -0.1) is 0 Å². The Morgan fingerprint density at radius 3 is 2.38 bits per heavy atom. The number of para-hydroxylation sites is 1. The Bertz CT molecular complexity index is 822. The van der Waals surface area contributed by atoms with Crippen molar-refractivity contribution in [3.8, 4) is 5.75 Å². The number of methoxy groups -OCH3 is 1. The second kappa shape index (κ2) is 9.35. The SMILES string of the molecule is COc1ccccc1CN(CCC(=O)NCc1ccccc1)S(C)(=O)=O. The van der Waals surface area contributed by atoms with Gasteiger partial charge >= 0.3 is 0 Å². The second-order valence-electron chi connectivity index (χ2n) is 5.92. The number of carbonyl (C=O) groups excluding carboxylic acids is 1. The summed E-state index contributed by atoms with van der Waals surface area (Å²) < 4.78 is 30.7. The lowest BCUT2D eigenvalue weighted by molar-refractivity contribution is -0.121. The molecule has 7 heteroatoms. The molecule has 0 aromatic heterocycles. The third kappa shape index (κ3) is 6.16. The molecule has 2 aromatic rings. The third-order valence-electron chi connectivity index (χ3n) is 3.93. The standard InChI is InChI=1S/C19H24N2O4S/c1-25-18-11-7-6-10-17(18)15-21(26(2,23)24)13-12-19(22)20-14-16-8-4-3-5-9-16/h3-11H,12-15H2,1-2H3,(H,20,22). The van der Waals surface area contributed by atoms with Crippen molar-refractivity contribution in [2.75, 3.05) is 19.9 Å². The van der Waals surface area contributed by atoms with Gasteiger partial charge in [0.05, 0.1) is 13.4 Å². The van der Waals surface area contributed by atoms with Gasteiger partial charge in [-0.25, -0.2) is 8.42 Å². The molecule has 0 saturated heterocycles. The van der Waals surface area contributed by atoms with Gasteiger partial charge < -0.3 is 10.1 Å². The molecule has 0 spiro atoms. The molecule has 0 saturated carbocycles. The highest BCUT2D eigenvalue weighted by molar-refractivity contribution is 7.88. The van der Waals surface area contributed by atoms with Crippen LogP contribution < -0.4 is 10.1 Å². The molecule has 0 unspecified atom stereocenters. The first-order valence-corrected chi connectivity index (χ1v) is 10.1. The molecular weight excluding hydrogens is 352 g/mol. The normalized spacial score (nSPS) is 11.3. The van der Waals surface area contributed by atoms with Gasteiger partial charge in [-0.1, -0.05) is 48.5 Å². The van der Waals surface area contributed by atoms with Crippen molar-refractivity contribution < 1.29 is 17.9 Å². The zero-order valence-electron chi connectivity index (χ0n) is 15.0. The van der Waals surface area contributed by atoms with E-state index < -0.39 is 10.0 Å². The van der Waals surface area contributed by atoms with Crippen LogP contribution in [0.4, 0.5) is 0 Å². The largest absolute Gasteiger partial charge is 0.496 e. The molecule has 0 atom stereocenters. The summed E-state index contributed by atoms with van der Waals surface area (Å²) in [5, 5.41) is 2.81. The first-order chi connectivity index (χ1) is 12.4. The van der Waals surface area contributed by atoms with Crippen LogP contribution in [0.2, 0.25) is 0 Å². The first-order valence-electron chi connectivity index (χ1n) is 8.28. The van der Waals surface area contributed by atoms with Crippen molar-refractivity contribution >= 4 is 15.9 Å². The number of hydrogen-bond donors (Lipinski definition) is 1. The summed E-state index contributed by atoms with van der Waals surface area (Å²) in [4.78, 5) is 12.1. The summed E-state index contributed by atoms with van der Waals surface area (Å²) in [5.74, 6) is 0.428. The number of carbonyl (C=O) groups is 1. The van der Waals surface area contributed by atoms with Gasteiger partial charge in [-0.05, 0) is 11.6 Å². The van der Waals surface area contributed by atoms with Crippen LogP contribution in [-0.4, -0.2) is 38.5 Å². The summed E-state index contributed by atoms with van der Waals surface area (Å²) in [6, 6.07) is 16.8. The Kier molecular flexibility index (Phi) is 7.17. The summed E-state index contributed by atoms with van der Waals surface area (Å²) in [7, 11) is -1.91. The van der Waals surface area contributed by atoms with Gasteiger partial charge in [0.2, 0.25) is 15.9 Å². The number of hydrogen-bond acceptors (Lipinski definition) is 4. The minimum atomic E-state index is -3.45. The zero-order chi connectivity index (χ0) is 19.0. The number of nitrogens with one attached hydrogen (secondary N) is 1. The molecule has 6 nitrogen and oxygen atoms in total. The van der Waals surface area contributed by atoms with Gasteiger partial charge in [0.1, 0.15) is 5.75 Å². The van der Waals surface area contributed by atoms with Crippen LogP contribution in [0, 0.1) is 0 Å². The van der Waals surface area contributed by atoms with Gasteiger partial charge in [-0.2, -0.15) is 4.31 Å². The lowest BCUT2D eigenvalue weighted by Gasteiger charge is -2.21. The molecule has 26 heavy (non-hydrogen) atoms. The van der Waals surface area contributed by atoms with Gasteiger partial charge in [0.15, 0.2) is 0 Å². The fourth-order valence-electron chi connectivity index (χ4n) is 2.50. The molecule has 0 fully saturated rings. The number of amides is 1. The topological polar surface area (TPSA) is 75.7 Å². The van der Waals surface area contributed by atoms with Crippen LogP contribution in [0.15, 0.2) is 54.6 Å². The van der Waals surface area contributed by atoms with E-state index in [0.29, 0.717) is 12.3 Å². The highest BCUT2D eigenvalue weighted by Crippen LogP contribution is 2.20. The minimum Gasteiger partial charge on any atom is -0.496 e. The predicted molar refractivity (Wildman–Crippen MR) is 101 cm³/mol. The highest BCUT2D eigenvalue weighted by atomic mass is 32.2. The van der Waals surface area contributed by atoms with E-state index >= 15 is 0 Å². The molecule has 0 heterocycles. The molecule has 0 aliphatic heterocycles. The van der Waals surface area contributed by atoms with Crippen LogP contribution in [0.1, 0.15) is 17.5 Å². The average molecular weight is 376 g/mol. The maximum Gasteiger partial charge on any atom is 0.221 e. The molecular formula is C19H24N2O4S. The number of rotatable bonds is 9. The van der Waals surface area contributed by atoms with Crippen LogP contribution in [-0.2, 0) is 27.9 Å². The third-order valence-corrected chi connectivity index (χ3v) is 5.18. The van der Waals surface area contributed by atoms with Crippen molar-refractivity contribution in [1.29, 1.82) is 0 Å². The molecule has 0 radical (unpaired) electrons. The summed E-state index contributed by atoms with van der Waals surface area (Å²) >= 11 is 0. The van der Waals surface area contributed by atoms with E-state index in [1.165, 1.54) is 4.31 Å². The monoisotopic (exact) mass is 376 g/mol. The number of nitrogens with zero attached hydrogens (tertiary/aromatic N) is 1. The van der Waals surface area contributed by atoms with Crippen molar-refractivity contribution in [2.24, 2.45) is 0 Å². The molecule has 1 N–H and O–H groups in total. The predicted octanol–water partition coefficient (Wildman–Crippen LogP) is 2.16. The molecule has 140 valence electrons. The summed E-state index contributed by atoms with van der Waals surface area (Å²) in [6.07, 6.45) is 1.24. The van der Waals surface area contributed by atoms with E-state index in [2.05, 4.69) is 5.32 Å². The molecule has 2 aromatic carbocycles. The average Bonchev–Trinajstić information content (AvgIpc) is 2.63. The van der Waals surface area contributed by atoms with Crippen LogP contribution in [0.3, 0.4) is 0 Å². The van der Waals surface area contributed by atoms with Gasteiger partial charge in [0.25, 0.3) is 0 Å². The van der Waals surface area contributed by atoms with Crippen LogP contribution in [0.5, 0.6) is 5.75 Å². The molecule has 0 aliphatic carbocycles. The Morgan fingerprint density at radius 2 is 1.73 bits per heavy atom. The summed E-state index contributed by atoms with van der Waals surface area (Å²) in [5.41, 5.74) is 1.75. The maximum absolute atomic E-state index is 12.1. The molecule has 1 amide bonds. The molecule has 0 aliphatic rings. The summed E-state index contributed by atoms with van der Waals surface area (Å²) in [6.45, 7) is 0.692. The van der Waals surface area contributed by atoms with E-state index in [1.807, 2.05) is 48.5 Å². The van der Waals surface area contributed by atoms with E-state index in [9.17, 15) is 13.2 Å². The lowest BCUT2D eigenvalue weighted by Crippen LogP contribution is -2.34. The van der Waals surface area contributed by atoms with E-state index in [4.69, 9.17) is 4.74 Å².